The van der Waals surface area contributed by atoms with Crippen molar-refractivity contribution in [2.45, 2.75) is 25.4 Å². The molecule has 6 nitrogen and oxygen atoms in total. The van der Waals surface area contributed by atoms with Crippen LogP contribution >= 0.6 is 11.6 Å². The fourth-order valence-corrected chi connectivity index (χ4v) is 2.59. The molecule has 1 atom stereocenters. The smallest absolute Gasteiger partial charge is 0.271 e. The van der Waals surface area contributed by atoms with Crippen LogP contribution in [0.4, 0.5) is 0 Å². The van der Waals surface area contributed by atoms with E-state index < -0.39 is 0 Å². The van der Waals surface area contributed by atoms with Crippen molar-refractivity contribution in [3.8, 4) is 0 Å². The SMILES string of the molecule is O=C(NCC1CCCO1)c1cc2ncc(CCCl)cn2n1. The van der Waals surface area contributed by atoms with Gasteiger partial charge >= 0.3 is 0 Å². The third kappa shape index (κ3) is 3.33. The summed E-state index contributed by atoms with van der Waals surface area (Å²) in [5.74, 6) is 0.332. The van der Waals surface area contributed by atoms with Gasteiger partial charge in [-0.05, 0) is 24.8 Å². The number of hydrogen-bond donors (Lipinski definition) is 1. The Labute approximate surface area is 127 Å². The molecule has 0 radical (unpaired) electrons. The summed E-state index contributed by atoms with van der Waals surface area (Å²) in [6, 6.07) is 1.68. The minimum absolute atomic E-state index is 0.124. The molecule has 1 aliphatic heterocycles. The second-order valence-electron chi connectivity index (χ2n) is 5.08. The minimum Gasteiger partial charge on any atom is -0.376 e. The van der Waals surface area contributed by atoms with Gasteiger partial charge in [-0.25, -0.2) is 9.50 Å². The van der Waals surface area contributed by atoms with Crippen LogP contribution in [0.15, 0.2) is 18.5 Å². The van der Waals surface area contributed by atoms with Gasteiger partial charge in [0, 0.05) is 37.5 Å². The number of carbonyl (C=O) groups excluding carboxylic acids is 1. The predicted molar refractivity (Wildman–Crippen MR) is 78.7 cm³/mol. The maximum atomic E-state index is 12.1. The number of aryl methyl sites for hydroxylation is 1. The van der Waals surface area contributed by atoms with Crippen molar-refractivity contribution in [1.29, 1.82) is 0 Å². The molecule has 0 aliphatic carbocycles. The third-order valence-corrected chi connectivity index (χ3v) is 3.69. The number of amides is 1. The van der Waals surface area contributed by atoms with Crippen molar-refractivity contribution in [3.63, 3.8) is 0 Å². The van der Waals surface area contributed by atoms with Crippen LogP contribution in [-0.2, 0) is 11.2 Å². The van der Waals surface area contributed by atoms with E-state index in [2.05, 4.69) is 15.4 Å². The highest BCUT2D eigenvalue weighted by atomic mass is 35.5. The molecule has 1 aliphatic rings. The fraction of sp³-hybridized carbons (Fsp3) is 0.500. The topological polar surface area (TPSA) is 68.5 Å². The lowest BCUT2D eigenvalue weighted by atomic mass is 10.2. The van der Waals surface area contributed by atoms with Crippen molar-refractivity contribution >= 4 is 23.2 Å². The standard InChI is InChI=1S/C14H17ClN4O2/c15-4-3-10-7-16-13-6-12(18-19(13)9-10)14(20)17-8-11-2-1-5-21-11/h6-7,9,11H,1-5,8H2,(H,17,20). The number of carbonyl (C=O) groups is 1. The average molecular weight is 309 g/mol. The highest BCUT2D eigenvalue weighted by Gasteiger charge is 2.18. The Hall–Kier alpha value is -1.66. The number of alkyl halides is 1. The van der Waals surface area contributed by atoms with Crippen LogP contribution in [-0.4, -0.2) is 45.6 Å². The second-order valence-corrected chi connectivity index (χ2v) is 5.46. The zero-order valence-corrected chi connectivity index (χ0v) is 12.3. The van der Waals surface area contributed by atoms with Gasteiger partial charge < -0.3 is 10.1 Å². The highest BCUT2D eigenvalue weighted by molar-refractivity contribution is 6.17. The highest BCUT2D eigenvalue weighted by Crippen LogP contribution is 2.11. The summed E-state index contributed by atoms with van der Waals surface area (Å²) in [5.41, 5.74) is 2.01. The molecular formula is C14H17ClN4O2. The first-order chi connectivity index (χ1) is 10.3. The molecule has 1 saturated heterocycles. The summed E-state index contributed by atoms with van der Waals surface area (Å²) in [7, 11) is 0. The van der Waals surface area contributed by atoms with Crippen LogP contribution in [0.5, 0.6) is 0 Å². The quantitative estimate of drug-likeness (QED) is 0.848. The fourth-order valence-electron chi connectivity index (χ4n) is 2.37. The Kier molecular flexibility index (Phi) is 4.36. The Morgan fingerprint density at radius 1 is 1.57 bits per heavy atom. The van der Waals surface area contributed by atoms with Crippen molar-refractivity contribution in [2.24, 2.45) is 0 Å². The summed E-state index contributed by atoms with van der Waals surface area (Å²) in [6.45, 7) is 1.31. The monoisotopic (exact) mass is 308 g/mol. The molecule has 21 heavy (non-hydrogen) atoms. The zero-order chi connectivity index (χ0) is 14.7. The van der Waals surface area contributed by atoms with E-state index in [0.29, 0.717) is 23.8 Å². The van der Waals surface area contributed by atoms with Gasteiger partial charge in [0.1, 0.15) is 0 Å². The first kappa shape index (κ1) is 14.3. The number of aromatic nitrogens is 3. The summed E-state index contributed by atoms with van der Waals surface area (Å²) in [6.07, 6.45) is 6.51. The first-order valence-corrected chi connectivity index (χ1v) is 7.60. The van der Waals surface area contributed by atoms with Gasteiger partial charge in [0.2, 0.25) is 0 Å². The lowest BCUT2D eigenvalue weighted by Crippen LogP contribution is -2.32. The number of halogens is 1. The van der Waals surface area contributed by atoms with Crippen LogP contribution in [0, 0.1) is 0 Å². The van der Waals surface area contributed by atoms with Crippen molar-refractivity contribution in [1.82, 2.24) is 19.9 Å². The van der Waals surface area contributed by atoms with Crippen molar-refractivity contribution in [2.75, 3.05) is 19.0 Å². The summed E-state index contributed by atoms with van der Waals surface area (Å²) in [5, 5.41) is 7.11. The Balaban J connectivity index is 1.69. The lowest BCUT2D eigenvalue weighted by molar-refractivity contribution is 0.0853. The van der Waals surface area contributed by atoms with Crippen molar-refractivity contribution in [3.05, 3.63) is 29.7 Å². The molecule has 2 aromatic heterocycles. The van der Waals surface area contributed by atoms with Crippen LogP contribution in [0.25, 0.3) is 5.65 Å². The van der Waals surface area contributed by atoms with Gasteiger partial charge in [-0.3, -0.25) is 4.79 Å². The maximum absolute atomic E-state index is 12.1. The van der Waals surface area contributed by atoms with E-state index in [1.54, 1.807) is 16.8 Å². The summed E-state index contributed by atoms with van der Waals surface area (Å²) >= 11 is 5.71. The van der Waals surface area contributed by atoms with E-state index in [9.17, 15) is 4.79 Å². The van der Waals surface area contributed by atoms with Crippen LogP contribution in [0.3, 0.4) is 0 Å². The molecular weight excluding hydrogens is 292 g/mol. The van der Waals surface area contributed by atoms with E-state index in [0.717, 1.165) is 31.4 Å². The first-order valence-electron chi connectivity index (χ1n) is 7.06. The number of nitrogens with one attached hydrogen (secondary N) is 1. The molecule has 1 fully saturated rings. The van der Waals surface area contributed by atoms with Gasteiger partial charge in [0.05, 0.1) is 6.10 Å². The number of ether oxygens (including phenoxy) is 1. The Morgan fingerprint density at radius 2 is 2.48 bits per heavy atom. The largest absolute Gasteiger partial charge is 0.376 e. The molecule has 3 heterocycles. The number of rotatable bonds is 5. The van der Waals surface area contributed by atoms with Gasteiger partial charge in [-0.2, -0.15) is 5.10 Å². The molecule has 3 rings (SSSR count). The molecule has 2 aromatic rings. The van der Waals surface area contributed by atoms with E-state index in [1.807, 2.05) is 6.20 Å². The molecule has 1 unspecified atom stereocenters. The summed E-state index contributed by atoms with van der Waals surface area (Å²) in [4.78, 5) is 16.4. The van der Waals surface area contributed by atoms with Crippen LogP contribution in [0.2, 0.25) is 0 Å². The summed E-state index contributed by atoms with van der Waals surface area (Å²) < 4.78 is 7.09. The van der Waals surface area contributed by atoms with E-state index in [4.69, 9.17) is 16.3 Å². The minimum atomic E-state index is -0.199. The van der Waals surface area contributed by atoms with Gasteiger partial charge in [-0.1, -0.05) is 0 Å². The van der Waals surface area contributed by atoms with E-state index in [1.165, 1.54) is 0 Å². The van der Waals surface area contributed by atoms with Crippen molar-refractivity contribution < 1.29 is 9.53 Å². The van der Waals surface area contributed by atoms with Crippen LogP contribution < -0.4 is 5.32 Å². The Morgan fingerprint density at radius 3 is 3.24 bits per heavy atom. The average Bonchev–Trinajstić information content (AvgIpc) is 3.13. The number of fused-ring (bicyclic) bond motifs is 1. The van der Waals surface area contributed by atoms with Crippen LogP contribution in [0.1, 0.15) is 28.9 Å². The second kappa shape index (κ2) is 6.41. The lowest BCUT2D eigenvalue weighted by Gasteiger charge is -2.09. The normalized spacial score (nSPS) is 18.2. The molecule has 1 amide bonds. The van der Waals surface area contributed by atoms with E-state index in [-0.39, 0.29) is 12.0 Å². The predicted octanol–water partition coefficient (Wildman–Crippen LogP) is 1.42. The number of nitrogens with zero attached hydrogens (tertiary/aromatic N) is 3. The molecule has 0 spiro atoms. The molecule has 112 valence electrons. The number of hydrogen-bond acceptors (Lipinski definition) is 4. The molecule has 1 N–H and O–H groups in total. The van der Waals surface area contributed by atoms with Gasteiger partial charge in [0.25, 0.3) is 5.91 Å². The zero-order valence-electron chi connectivity index (χ0n) is 11.6. The molecule has 7 heteroatoms. The van der Waals surface area contributed by atoms with Gasteiger partial charge in [0.15, 0.2) is 11.3 Å². The van der Waals surface area contributed by atoms with Gasteiger partial charge in [-0.15, -0.1) is 11.6 Å². The Bertz CT molecular complexity index is 637. The van der Waals surface area contributed by atoms with E-state index >= 15 is 0 Å². The molecule has 0 aromatic carbocycles. The molecule has 0 bridgehead atoms. The third-order valence-electron chi connectivity index (χ3n) is 3.50. The maximum Gasteiger partial charge on any atom is 0.271 e. The molecule has 0 saturated carbocycles.